The van der Waals surface area contributed by atoms with E-state index in [2.05, 4.69) is 0 Å². The Hall–Kier alpha value is -5.21. The number of carbonyl (C=O) groups excluding carboxylic acids is 1. The quantitative estimate of drug-likeness (QED) is 0.150. The second-order valence-corrected chi connectivity index (χ2v) is 6.88. The van der Waals surface area contributed by atoms with Crippen LogP contribution < -0.4 is 0 Å². The normalized spacial score (nSPS) is 11.0. The molecule has 0 bridgehead atoms. The largest absolute Gasteiger partial charge is 0.460 e. The molecule has 0 unspecified atom stereocenters. The summed E-state index contributed by atoms with van der Waals surface area (Å²) < 4.78 is 10.2. The summed E-state index contributed by atoms with van der Waals surface area (Å²) in [6, 6.07) is 6.54. The summed E-state index contributed by atoms with van der Waals surface area (Å²) in [6.45, 7) is 1.83. The minimum Gasteiger partial charge on any atom is -0.460 e. The van der Waals surface area contributed by atoms with E-state index in [1.54, 1.807) is 19.1 Å². The molecule has 0 aromatic heterocycles. The van der Waals surface area contributed by atoms with E-state index in [0.29, 0.717) is 12.7 Å². The van der Waals surface area contributed by atoms with Gasteiger partial charge in [0, 0.05) is 47.1 Å². The molecule has 2 aromatic rings. The first kappa shape index (κ1) is 24.4. The highest BCUT2D eigenvalue weighted by atomic mass is 16.6. The highest BCUT2D eigenvalue weighted by Crippen LogP contribution is 2.53. The Labute approximate surface area is 195 Å². The lowest BCUT2D eigenvalue weighted by molar-refractivity contribution is -0.393. The summed E-state index contributed by atoms with van der Waals surface area (Å²) in [6.07, 6.45) is 0. The molecule has 0 radical (unpaired) electrons. The van der Waals surface area contributed by atoms with Crippen molar-refractivity contribution >= 4 is 28.6 Å². The first-order chi connectivity index (χ1) is 16.7. The highest BCUT2D eigenvalue weighted by Gasteiger charge is 2.40. The van der Waals surface area contributed by atoms with Gasteiger partial charge in [-0.2, -0.15) is 10.5 Å². The van der Waals surface area contributed by atoms with Crippen molar-refractivity contribution in [2.24, 2.45) is 0 Å². The van der Waals surface area contributed by atoms with Crippen LogP contribution in [-0.2, 0) is 9.47 Å². The van der Waals surface area contributed by atoms with Crippen molar-refractivity contribution in [1.29, 1.82) is 10.5 Å². The first-order valence-corrected chi connectivity index (χ1v) is 9.75. The fraction of sp³-hybridized carbons (Fsp3) is 0.190. The number of non-ortho nitro benzene ring substituents is 2. The summed E-state index contributed by atoms with van der Waals surface area (Å²) in [5, 5.41) is 53.8. The summed E-state index contributed by atoms with van der Waals surface area (Å²) in [5.74, 6) is -1.08. The Balaban J connectivity index is 2.46. The number of nitriles is 2. The minimum atomic E-state index is -1.08. The zero-order valence-corrected chi connectivity index (χ0v) is 17.8. The van der Waals surface area contributed by atoms with Gasteiger partial charge in [-0.25, -0.2) is 4.79 Å². The van der Waals surface area contributed by atoms with Gasteiger partial charge in [-0.05, 0) is 6.92 Å². The number of fused-ring (bicyclic) bond motifs is 3. The van der Waals surface area contributed by atoms with Gasteiger partial charge in [0.15, 0.2) is 0 Å². The SMILES string of the molecule is CCOCCOC(=O)c1cc([N+](=O)[O-])cc2c1-c1c(cc([N+](=O)[O-])cc1[N+](=O)[O-])C2=C(C#N)C#N. The van der Waals surface area contributed by atoms with E-state index in [9.17, 15) is 45.7 Å². The van der Waals surface area contributed by atoms with Crippen LogP contribution in [0.2, 0.25) is 0 Å². The molecular weight excluding hydrogens is 466 g/mol. The van der Waals surface area contributed by atoms with Gasteiger partial charge in [0.2, 0.25) is 0 Å². The van der Waals surface area contributed by atoms with Gasteiger partial charge in [-0.3, -0.25) is 30.3 Å². The molecule has 0 fully saturated rings. The summed E-state index contributed by atoms with van der Waals surface area (Å²) >= 11 is 0. The number of nitro groups is 3. The lowest BCUT2D eigenvalue weighted by Crippen LogP contribution is -2.12. The summed E-state index contributed by atoms with van der Waals surface area (Å²) in [5.41, 5.74) is -4.51. The van der Waals surface area contributed by atoms with Crippen molar-refractivity contribution in [3.8, 4) is 23.3 Å². The maximum absolute atomic E-state index is 12.9. The van der Waals surface area contributed by atoms with E-state index in [-0.39, 0.29) is 41.0 Å². The maximum atomic E-state index is 12.9. The van der Waals surface area contributed by atoms with Crippen LogP contribution in [-0.4, -0.2) is 40.6 Å². The Morgan fingerprint density at radius 3 is 1.97 bits per heavy atom. The lowest BCUT2D eigenvalue weighted by atomic mass is 9.96. The second kappa shape index (κ2) is 9.74. The van der Waals surface area contributed by atoms with Gasteiger partial charge in [0.1, 0.15) is 24.3 Å². The molecular formula is C21H13N5O9. The van der Waals surface area contributed by atoms with Crippen molar-refractivity contribution in [3.63, 3.8) is 0 Å². The highest BCUT2D eigenvalue weighted by molar-refractivity contribution is 6.13. The van der Waals surface area contributed by atoms with Gasteiger partial charge < -0.3 is 9.47 Å². The monoisotopic (exact) mass is 479 g/mol. The Bertz CT molecular complexity index is 1400. The van der Waals surface area contributed by atoms with Crippen LogP contribution in [0.4, 0.5) is 17.1 Å². The van der Waals surface area contributed by atoms with Gasteiger partial charge in [-0.1, -0.05) is 0 Å². The fourth-order valence-corrected chi connectivity index (χ4v) is 3.65. The van der Waals surface area contributed by atoms with Crippen LogP contribution in [0.3, 0.4) is 0 Å². The van der Waals surface area contributed by atoms with E-state index >= 15 is 0 Å². The number of allylic oxidation sites excluding steroid dienone is 1. The van der Waals surface area contributed by atoms with Crippen molar-refractivity contribution in [3.05, 3.63) is 76.9 Å². The molecule has 0 heterocycles. The number of rotatable bonds is 8. The topological polar surface area (TPSA) is 213 Å². The third-order valence-corrected chi connectivity index (χ3v) is 4.99. The molecule has 14 nitrogen and oxygen atoms in total. The first-order valence-electron chi connectivity index (χ1n) is 9.75. The van der Waals surface area contributed by atoms with E-state index in [1.165, 1.54) is 0 Å². The molecule has 0 spiro atoms. The van der Waals surface area contributed by atoms with Crippen molar-refractivity contribution in [2.45, 2.75) is 6.92 Å². The van der Waals surface area contributed by atoms with Gasteiger partial charge >= 0.3 is 5.97 Å². The minimum absolute atomic E-state index is 0.0143. The lowest BCUT2D eigenvalue weighted by Gasteiger charge is -2.10. The maximum Gasteiger partial charge on any atom is 0.339 e. The molecule has 176 valence electrons. The smallest absolute Gasteiger partial charge is 0.339 e. The molecule has 0 atom stereocenters. The van der Waals surface area contributed by atoms with E-state index in [4.69, 9.17) is 9.47 Å². The van der Waals surface area contributed by atoms with Crippen LogP contribution in [0, 0.1) is 53.0 Å². The van der Waals surface area contributed by atoms with Gasteiger partial charge in [-0.15, -0.1) is 0 Å². The number of esters is 1. The molecule has 0 aliphatic heterocycles. The van der Waals surface area contributed by atoms with Crippen LogP contribution in [0.5, 0.6) is 0 Å². The molecule has 0 N–H and O–H groups in total. The fourth-order valence-electron chi connectivity index (χ4n) is 3.65. The molecule has 0 amide bonds. The van der Waals surface area contributed by atoms with Crippen molar-refractivity contribution in [1.82, 2.24) is 0 Å². The summed E-state index contributed by atoms with van der Waals surface area (Å²) in [4.78, 5) is 45.1. The Morgan fingerprint density at radius 2 is 1.46 bits per heavy atom. The zero-order valence-electron chi connectivity index (χ0n) is 17.8. The predicted octanol–water partition coefficient (Wildman–Crippen LogP) is 3.43. The van der Waals surface area contributed by atoms with E-state index in [0.717, 1.165) is 18.2 Å². The number of hydrogen-bond donors (Lipinski definition) is 0. The van der Waals surface area contributed by atoms with Gasteiger partial charge in [0.25, 0.3) is 17.1 Å². The third-order valence-electron chi connectivity index (χ3n) is 4.99. The number of nitro benzene ring substituents is 3. The average Bonchev–Trinajstić information content (AvgIpc) is 3.15. The summed E-state index contributed by atoms with van der Waals surface area (Å²) in [7, 11) is 0. The molecule has 35 heavy (non-hydrogen) atoms. The standard InChI is InChI=1S/C21H13N5O9/c1-2-34-3-4-35-21(27)16-7-12(24(28)29)5-14-18(11(9-22)10-23)15-6-13(25(30)31)8-17(26(32)33)20(15)19(14)16/h5-8H,2-4H2,1H3. The van der Waals surface area contributed by atoms with Crippen molar-refractivity contribution in [2.75, 3.05) is 19.8 Å². The number of nitrogens with zero attached hydrogens (tertiary/aromatic N) is 5. The number of ether oxygens (including phenoxy) is 2. The van der Waals surface area contributed by atoms with E-state index < -0.39 is 48.9 Å². The molecule has 2 aromatic carbocycles. The second-order valence-electron chi connectivity index (χ2n) is 6.88. The molecule has 0 saturated carbocycles. The van der Waals surface area contributed by atoms with Crippen molar-refractivity contribution < 1.29 is 29.0 Å². The van der Waals surface area contributed by atoms with Crippen LogP contribution in [0.15, 0.2) is 29.8 Å². The van der Waals surface area contributed by atoms with Crippen LogP contribution in [0.1, 0.15) is 28.4 Å². The van der Waals surface area contributed by atoms with Crippen LogP contribution >= 0.6 is 0 Å². The molecule has 14 heteroatoms. The molecule has 0 saturated heterocycles. The Kier molecular flexibility index (Phi) is 6.80. The Morgan fingerprint density at radius 1 is 0.886 bits per heavy atom. The third kappa shape index (κ3) is 4.37. The van der Waals surface area contributed by atoms with Crippen LogP contribution in [0.25, 0.3) is 16.7 Å². The average molecular weight is 479 g/mol. The van der Waals surface area contributed by atoms with Gasteiger partial charge in [0.05, 0.1) is 38.6 Å². The predicted molar refractivity (Wildman–Crippen MR) is 116 cm³/mol. The molecule has 3 rings (SSSR count). The number of hydrogen-bond acceptors (Lipinski definition) is 11. The molecule has 1 aliphatic rings. The number of benzene rings is 2. The number of carbonyl (C=O) groups is 1. The molecule has 1 aliphatic carbocycles. The van der Waals surface area contributed by atoms with E-state index in [1.807, 2.05) is 0 Å². The zero-order chi connectivity index (χ0) is 25.9.